The summed E-state index contributed by atoms with van der Waals surface area (Å²) >= 11 is 0. The molecule has 3 rings (SSSR count). The van der Waals surface area contributed by atoms with Gasteiger partial charge in [-0.1, -0.05) is 31.5 Å². The Hall–Kier alpha value is -3.35. The number of hydrogen-bond acceptors (Lipinski definition) is 5. The van der Waals surface area contributed by atoms with Gasteiger partial charge in [-0.05, 0) is 42.3 Å². The molecular weight excluding hydrogens is 396 g/mol. The van der Waals surface area contributed by atoms with Crippen molar-refractivity contribution in [2.24, 2.45) is 0 Å². The SMILES string of the molecule is CCCc1ccc(OCC(=O)N2CCN(C(=O)c3cccc(OC(C)=O)c3)CC2)cc1. The van der Waals surface area contributed by atoms with E-state index in [-0.39, 0.29) is 18.4 Å². The molecular formula is C24H28N2O5. The van der Waals surface area contributed by atoms with Crippen LogP contribution in [-0.4, -0.2) is 60.4 Å². The molecule has 0 unspecified atom stereocenters. The predicted octanol–water partition coefficient (Wildman–Crippen LogP) is 2.93. The fraction of sp³-hybridized carbons (Fsp3) is 0.375. The number of piperazine rings is 1. The molecule has 164 valence electrons. The lowest BCUT2D eigenvalue weighted by atomic mass is 10.1. The van der Waals surface area contributed by atoms with E-state index in [2.05, 4.69) is 6.92 Å². The van der Waals surface area contributed by atoms with Crippen LogP contribution in [0.15, 0.2) is 48.5 Å². The summed E-state index contributed by atoms with van der Waals surface area (Å²) in [5.74, 6) is 0.337. The van der Waals surface area contributed by atoms with Crippen LogP contribution in [0.2, 0.25) is 0 Å². The van der Waals surface area contributed by atoms with Gasteiger partial charge in [0.15, 0.2) is 6.61 Å². The summed E-state index contributed by atoms with van der Waals surface area (Å²) in [4.78, 5) is 39.8. The molecule has 0 N–H and O–H groups in total. The molecule has 0 bridgehead atoms. The van der Waals surface area contributed by atoms with E-state index in [1.54, 1.807) is 34.1 Å². The average Bonchev–Trinajstić information content (AvgIpc) is 2.78. The van der Waals surface area contributed by atoms with Gasteiger partial charge in [0.2, 0.25) is 0 Å². The Labute approximate surface area is 182 Å². The number of aryl methyl sites for hydroxylation is 1. The van der Waals surface area contributed by atoms with Gasteiger partial charge in [0.1, 0.15) is 11.5 Å². The molecule has 0 aromatic heterocycles. The van der Waals surface area contributed by atoms with Crippen LogP contribution in [0.3, 0.4) is 0 Å². The molecule has 2 amide bonds. The average molecular weight is 424 g/mol. The minimum absolute atomic E-state index is 0.0223. The minimum Gasteiger partial charge on any atom is -0.484 e. The maximum absolute atomic E-state index is 12.8. The van der Waals surface area contributed by atoms with E-state index < -0.39 is 5.97 Å². The van der Waals surface area contributed by atoms with Gasteiger partial charge in [-0.25, -0.2) is 0 Å². The number of benzene rings is 2. The number of rotatable bonds is 7. The second-order valence-electron chi connectivity index (χ2n) is 7.48. The van der Waals surface area contributed by atoms with Crippen molar-refractivity contribution < 1.29 is 23.9 Å². The van der Waals surface area contributed by atoms with Gasteiger partial charge in [-0.3, -0.25) is 14.4 Å². The molecule has 1 fully saturated rings. The Morgan fingerprint density at radius 2 is 1.58 bits per heavy atom. The number of nitrogens with zero attached hydrogens (tertiary/aromatic N) is 2. The molecule has 7 heteroatoms. The number of carbonyl (C=O) groups is 3. The van der Waals surface area contributed by atoms with E-state index in [4.69, 9.17) is 9.47 Å². The molecule has 0 aliphatic carbocycles. The number of hydrogen-bond donors (Lipinski definition) is 0. The number of carbonyl (C=O) groups excluding carboxylic acids is 3. The highest BCUT2D eigenvalue weighted by Crippen LogP contribution is 2.17. The largest absolute Gasteiger partial charge is 0.484 e. The number of esters is 1. The third-order valence-electron chi connectivity index (χ3n) is 5.09. The zero-order valence-electron chi connectivity index (χ0n) is 18.0. The summed E-state index contributed by atoms with van der Waals surface area (Å²) in [6.07, 6.45) is 2.11. The van der Waals surface area contributed by atoms with Gasteiger partial charge >= 0.3 is 5.97 Å². The Kier molecular flexibility index (Phi) is 7.65. The summed E-state index contributed by atoms with van der Waals surface area (Å²) in [5, 5.41) is 0. The van der Waals surface area contributed by atoms with Gasteiger partial charge in [0.25, 0.3) is 11.8 Å². The van der Waals surface area contributed by atoms with Crippen LogP contribution in [0.1, 0.15) is 36.2 Å². The smallest absolute Gasteiger partial charge is 0.308 e. The van der Waals surface area contributed by atoms with Crippen molar-refractivity contribution in [3.8, 4) is 11.5 Å². The zero-order chi connectivity index (χ0) is 22.2. The maximum atomic E-state index is 12.8. The lowest BCUT2D eigenvalue weighted by Crippen LogP contribution is -2.51. The first-order chi connectivity index (χ1) is 15.0. The normalized spacial score (nSPS) is 13.6. The fourth-order valence-electron chi connectivity index (χ4n) is 3.48. The van der Waals surface area contributed by atoms with Crippen molar-refractivity contribution in [3.05, 3.63) is 59.7 Å². The van der Waals surface area contributed by atoms with Crippen LogP contribution in [-0.2, 0) is 16.0 Å². The Morgan fingerprint density at radius 1 is 0.903 bits per heavy atom. The molecule has 2 aromatic rings. The monoisotopic (exact) mass is 424 g/mol. The van der Waals surface area contributed by atoms with E-state index in [9.17, 15) is 14.4 Å². The van der Waals surface area contributed by atoms with Crippen LogP contribution in [0.25, 0.3) is 0 Å². The van der Waals surface area contributed by atoms with Crippen molar-refractivity contribution in [1.29, 1.82) is 0 Å². The predicted molar refractivity (Wildman–Crippen MR) is 116 cm³/mol. The summed E-state index contributed by atoms with van der Waals surface area (Å²) in [5.41, 5.74) is 1.70. The lowest BCUT2D eigenvalue weighted by molar-refractivity contribution is -0.135. The van der Waals surface area contributed by atoms with E-state index in [0.29, 0.717) is 43.2 Å². The van der Waals surface area contributed by atoms with Crippen LogP contribution in [0, 0.1) is 0 Å². The van der Waals surface area contributed by atoms with Crippen molar-refractivity contribution in [2.45, 2.75) is 26.7 Å². The molecule has 7 nitrogen and oxygen atoms in total. The highest BCUT2D eigenvalue weighted by molar-refractivity contribution is 5.95. The van der Waals surface area contributed by atoms with Crippen molar-refractivity contribution in [1.82, 2.24) is 9.80 Å². The van der Waals surface area contributed by atoms with Gasteiger partial charge in [-0.15, -0.1) is 0 Å². The van der Waals surface area contributed by atoms with Gasteiger partial charge in [0, 0.05) is 38.7 Å². The first-order valence-corrected chi connectivity index (χ1v) is 10.5. The molecule has 1 aliphatic rings. The van der Waals surface area contributed by atoms with Crippen molar-refractivity contribution in [3.63, 3.8) is 0 Å². The van der Waals surface area contributed by atoms with E-state index in [1.807, 2.05) is 24.3 Å². The third kappa shape index (κ3) is 6.31. The molecule has 0 radical (unpaired) electrons. The summed E-state index contributed by atoms with van der Waals surface area (Å²) in [6, 6.07) is 14.4. The number of amides is 2. The molecule has 0 saturated carbocycles. The van der Waals surface area contributed by atoms with Gasteiger partial charge in [0.05, 0.1) is 0 Å². The Balaban J connectivity index is 1.48. The van der Waals surface area contributed by atoms with Crippen LogP contribution in [0.5, 0.6) is 11.5 Å². The van der Waals surface area contributed by atoms with E-state index in [0.717, 1.165) is 12.8 Å². The molecule has 1 heterocycles. The van der Waals surface area contributed by atoms with Crippen molar-refractivity contribution >= 4 is 17.8 Å². The van der Waals surface area contributed by atoms with Gasteiger partial charge in [-0.2, -0.15) is 0 Å². The van der Waals surface area contributed by atoms with E-state index in [1.165, 1.54) is 12.5 Å². The quantitative estimate of drug-likeness (QED) is 0.505. The molecule has 2 aromatic carbocycles. The van der Waals surface area contributed by atoms with Crippen LogP contribution in [0.4, 0.5) is 0 Å². The molecule has 31 heavy (non-hydrogen) atoms. The fourth-order valence-corrected chi connectivity index (χ4v) is 3.48. The lowest BCUT2D eigenvalue weighted by Gasteiger charge is -2.34. The maximum Gasteiger partial charge on any atom is 0.308 e. The first-order valence-electron chi connectivity index (χ1n) is 10.5. The number of ether oxygens (including phenoxy) is 2. The topological polar surface area (TPSA) is 76.2 Å². The second kappa shape index (κ2) is 10.6. The van der Waals surface area contributed by atoms with E-state index >= 15 is 0 Å². The summed E-state index contributed by atoms with van der Waals surface area (Å²) in [6.45, 7) is 5.21. The van der Waals surface area contributed by atoms with Gasteiger partial charge < -0.3 is 19.3 Å². The Bertz CT molecular complexity index is 918. The second-order valence-corrected chi connectivity index (χ2v) is 7.48. The molecule has 0 atom stereocenters. The first kappa shape index (κ1) is 22.3. The van der Waals surface area contributed by atoms with Crippen LogP contribution < -0.4 is 9.47 Å². The minimum atomic E-state index is -0.434. The molecule has 1 aliphatic heterocycles. The molecule has 0 spiro atoms. The Morgan fingerprint density at radius 3 is 2.23 bits per heavy atom. The summed E-state index contributed by atoms with van der Waals surface area (Å²) < 4.78 is 10.7. The highest BCUT2D eigenvalue weighted by Gasteiger charge is 2.25. The third-order valence-corrected chi connectivity index (χ3v) is 5.09. The summed E-state index contributed by atoms with van der Waals surface area (Å²) in [7, 11) is 0. The highest BCUT2D eigenvalue weighted by atomic mass is 16.5. The standard InChI is InChI=1S/C24H28N2O5/c1-3-5-19-8-10-21(11-9-19)30-17-23(28)25-12-14-26(15-13-25)24(29)20-6-4-7-22(16-20)31-18(2)27/h4,6-11,16H,3,5,12-15,17H2,1-2H3. The van der Waals surface area contributed by atoms with Crippen LogP contribution >= 0.6 is 0 Å². The molecule has 1 saturated heterocycles. The zero-order valence-corrected chi connectivity index (χ0v) is 18.0. The van der Waals surface area contributed by atoms with Crippen molar-refractivity contribution in [2.75, 3.05) is 32.8 Å².